The summed E-state index contributed by atoms with van der Waals surface area (Å²) in [5.74, 6) is -12.5. The lowest BCUT2D eigenvalue weighted by Crippen LogP contribution is -2.32. The Kier molecular flexibility index (Phi) is 11.0. The molecule has 260 valence electrons. The van der Waals surface area contributed by atoms with E-state index in [1.54, 1.807) is 0 Å². The lowest BCUT2D eigenvalue weighted by Gasteiger charge is -2.28. The highest BCUT2D eigenvalue weighted by Crippen LogP contribution is 2.38. The first kappa shape index (κ1) is 35.9. The van der Waals surface area contributed by atoms with Crippen LogP contribution in [0.1, 0.15) is 43.7 Å². The van der Waals surface area contributed by atoms with Crippen LogP contribution in [0.5, 0.6) is 5.75 Å². The molecule has 1 heterocycles. The average Bonchev–Trinajstić information content (AvgIpc) is 3.06. The van der Waals surface area contributed by atoms with Gasteiger partial charge in [0.15, 0.2) is 29.1 Å². The van der Waals surface area contributed by atoms with E-state index >= 15 is 0 Å². The third-order valence-corrected chi connectivity index (χ3v) is 7.90. The SMILES string of the molecule is CCCCCC1COC(/C(F)=C(\F)c2ccc(C(F)(F)Oc3ccc(-c4ccc(-c5cc(F)c(F)c(F)c5)c(F)c4)c(F)c3)c(F)c2)OC1. The Morgan fingerprint density at radius 3 is 1.94 bits per heavy atom. The van der Waals surface area contributed by atoms with Crippen LogP contribution in [0.2, 0.25) is 0 Å². The van der Waals surface area contributed by atoms with E-state index in [0.717, 1.165) is 49.9 Å². The van der Waals surface area contributed by atoms with Gasteiger partial charge in [0.25, 0.3) is 0 Å². The number of alkyl halides is 2. The first-order valence-corrected chi connectivity index (χ1v) is 15.2. The second-order valence-corrected chi connectivity index (χ2v) is 11.4. The highest BCUT2D eigenvalue weighted by molar-refractivity contribution is 5.72. The van der Waals surface area contributed by atoms with E-state index in [1.165, 1.54) is 6.07 Å². The Bertz CT molecular complexity index is 1830. The highest BCUT2D eigenvalue weighted by Gasteiger charge is 2.38. The standard InChI is InChI=1S/C36H28F10O3/c1-2-3-4-5-19-17-47-35(48-18-19)34(44)32(42)21-7-11-26(29(39)13-21)36(45,46)49-23-8-10-24(28(38)16-23)20-6-9-25(27(37)12-20)22-14-30(40)33(43)31(41)15-22/h6-16,19,35H,2-5,17-18H2,1H3/b34-32+. The summed E-state index contributed by atoms with van der Waals surface area (Å²) < 4.78 is 160. The molecule has 3 nitrogen and oxygen atoms in total. The molecule has 0 radical (unpaired) electrons. The summed E-state index contributed by atoms with van der Waals surface area (Å²) in [6.45, 7) is 2.29. The number of halogens is 10. The number of ether oxygens (including phenoxy) is 3. The predicted molar refractivity (Wildman–Crippen MR) is 160 cm³/mol. The summed E-state index contributed by atoms with van der Waals surface area (Å²) in [5.41, 5.74) is -3.09. The normalized spacial score (nSPS) is 17.2. The van der Waals surface area contributed by atoms with Crippen molar-refractivity contribution in [3.8, 4) is 28.0 Å². The van der Waals surface area contributed by atoms with Crippen LogP contribution in [-0.4, -0.2) is 19.5 Å². The van der Waals surface area contributed by atoms with Crippen LogP contribution in [0.3, 0.4) is 0 Å². The zero-order valence-electron chi connectivity index (χ0n) is 25.8. The molecule has 0 amide bonds. The molecule has 49 heavy (non-hydrogen) atoms. The molecule has 1 aliphatic heterocycles. The lowest BCUT2D eigenvalue weighted by atomic mass is 9.99. The van der Waals surface area contributed by atoms with Crippen LogP contribution >= 0.6 is 0 Å². The van der Waals surface area contributed by atoms with Crippen LogP contribution in [-0.2, 0) is 15.6 Å². The number of unbranched alkanes of at least 4 members (excludes halogenated alkanes) is 2. The summed E-state index contributed by atoms with van der Waals surface area (Å²) >= 11 is 0. The van der Waals surface area contributed by atoms with Gasteiger partial charge in [-0.2, -0.15) is 8.78 Å². The van der Waals surface area contributed by atoms with Crippen LogP contribution in [0.15, 0.2) is 72.6 Å². The van der Waals surface area contributed by atoms with Crippen LogP contribution in [0.4, 0.5) is 43.9 Å². The Morgan fingerprint density at radius 1 is 0.714 bits per heavy atom. The largest absolute Gasteiger partial charge is 0.429 e. The lowest BCUT2D eigenvalue weighted by molar-refractivity contribution is -0.189. The van der Waals surface area contributed by atoms with E-state index in [1.807, 2.05) is 6.92 Å². The molecular weight excluding hydrogens is 670 g/mol. The molecule has 13 heteroatoms. The van der Waals surface area contributed by atoms with E-state index in [0.29, 0.717) is 36.4 Å². The Balaban J connectivity index is 1.28. The first-order chi connectivity index (χ1) is 23.3. The molecular formula is C36H28F10O3. The van der Waals surface area contributed by atoms with Gasteiger partial charge in [-0.3, -0.25) is 0 Å². The molecule has 0 atom stereocenters. The van der Waals surface area contributed by atoms with Gasteiger partial charge in [-0.05, 0) is 60.0 Å². The summed E-state index contributed by atoms with van der Waals surface area (Å²) in [5, 5.41) is 0. The van der Waals surface area contributed by atoms with Gasteiger partial charge in [0.1, 0.15) is 23.2 Å². The van der Waals surface area contributed by atoms with Crippen LogP contribution in [0.25, 0.3) is 28.1 Å². The fourth-order valence-corrected chi connectivity index (χ4v) is 5.29. The third kappa shape index (κ3) is 8.10. The maximum atomic E-state index is 15.0. The molecule has 1 fully saturated rings. The maximum absolute atomic E-state index is 15.0. The average molecular weight is 699 g/mol. The van der Waals surface area contributed by atoms with Gasteiger partial charge in [-0.25, -0.2) is 35.1 Å². The Morgan fingerprint density at radius 2 is 1.33 bits per heavy atom. The Hall–Kier alpha value is -4.36. The van der Waals surface area contributed by atoms with Gasteiger partial charge >= 0.3 is 6.11 Å². The van der Waals surface area contributed by atoms with Crippen molar-refractivity contribution >= 4 is 5.83 Å². The van der Waals surface area contributed by atoms with E-state index < -0.39 is 75.8 Å². The van der Waals surface area contributed by atoms with Crippen molar-refractivity contribution < 1.29 is 58.1 Å². The smallest absolute Gasteiger partial charge is 0.429 e. The van der Waals surface area contributed by atoms with Gasteiger partial charge in [0, 0.05) is 28.7 Å². The van der Waals surface area contributed by atoms with Gasteiger partial charge in [-0.15, -0.1) is 0 Å². The molecule has 0 aliphatic carbocycles. The highest BCUT2D eigenvalue weighted by atomic mass is 19.3. The number of hydrogen-bond donors (Lipinski definition) is 0. The van der Waals surface area contributed by atoms with Gasteiger partial charge in [0.2, 0.25) is 6.29 Å². The summed E-state index contributed by atoms with van der Waals surface area (Å²) in [7, 11) is 0. The minimum absolute atomic E-state index is 0.00670. The minimum Gasteiger partial charge on any atom is -0.429 e. The van der Waals surface area contributed by atoms with E-state index in [-0.39, 0.29) is 41.4 Å². The van der Waals surface area contributed by atoms with Gasteiger partial charge in [0.05, 0.1) is 18.8 Å². The molecule has 1 aliphatic rings. The fraction of sp³-hybridized carbons (Fsp3) is 0.278. The second kappa shape index (κ2) is 15.0. The second-order valence-electron chi connectivity index (χ2n) is 11.4. The van der Waals surface area contributed by atoms with Crippen molar-refractivity contribution in [2.75, 3.05) is 13.2 Å². The summed E-state index contributed by atoms with van der Waals surface area (Å²) in [6, 6.07) is 8.14. The molecule has 1 saturated heterocycles. The first-order valence-electron chi connectivity index (χ1n) is 15.2. The maximum Gasteiger partial charge on any atom is 0.429 e. The van der Waals surface area contributed by atoms with Crippen molar-refractivity contribution in [2.24, 2.45) is 5.92 Å². The quantitative estimate of drug-likeness (QED) is 0.0887. The predicted octanol–water partition coefficient (Wildman–Crippen LogP) is 11.2. The number of benzene rings is 4. The fourth-order valence-electron chi connectivity index (χ4n) is 5.29. The van der Waals surface area contributed by atoms with Crippen molar-refractivity contribution in [3.63, 3.8) is 0 Å². The van der Waals surface area contributed by atoms with Crippen molar-refractivity contribution in [1.82, 2.24) is 0 Å². The molecule has 4 aromatic rings. The molecule has 0 saturated carbocycles. The topological polar surface area (TPSA) is 27.7 Å². The molecule has 0 bridgehead atoms. The van der Waals surface area contributed by atoms with Crippen molar-refractivity contribution in [2.45, 2.75) is 45.0 Å². The van der Waals surface area contributed by atoms with Crippen LogP contribution in [0, 0.1) is 40.8 Å². The van der Waals surface area contributed by atoms with Crippen molar-refractivity contribution in [1.29, 1.82) is 0 Å². The molecule has 4 aromatic carbocycles. The van der Waals surface area contributed by atoms with Crippen molar-refractivity contribution in [3.05, 3.63) is 119 Å². The number of hydrogen-bond acceptors (Lipinski definition) is 3. The zero-order valence-corrected chi connectivity index (χ0v) is 25.8. The summed E-state index contributed by atoms with van der Waals surface area (Å²) in [6.07, 6.45) is -2.35. The minimum atomic E-state index is -4.41. The monoisotopic (exact) mass is 698 g/mol. The van der Waals surface area contributed by atoms with E-state index in [2.05, 4.69) is 4.74 Å². The summed E-state index contributed by atoms with van der Waals surface area (Å²) in [4.78, 5) is 0. The van der Waals surface area contributed by atoms with E-state index in [9.17, 15) is 43.9 Å². The Labute approximate surface area is 274 Å². The molecule has 0 unspecified atom stereocenters. The molecule has 0 aromatic heterocycles. The molecule has 0 spiro atoms. The van der Waals surface area contributed by atoms with Crippen LogP contribution < -0.4 is 4.74 Å². The zero-order chi connectivity index (χ0) is 35.5. The molecule has 5 rings (SSSR count). The van der Waals surface area contributed by atoms with Gasteiger partial charge in [-0.1, -0.05) is 44.4 Å². The number of rotatable bonds is 11. The van der Waals surface area contributed by atoms with E-state index in [4.69, 9.17) is 9.47 Å². The van der Waals surface area contributed by atoms with Gasteiger partial charge < -0.3 is 14.2 Å². The molecule has 0 N–H and O–H groups in total. The third-order valence-electron chi connectivity index (χ3n) is 7.90.